The van der Waals surface area contributed by atoms with E-state index in [4.69, 9.17) is 16.3 Å². The van der Waals surface area contributed by atoms with Gasteiger partial charge >= 0.3 is 0 Å². The summed E-state index contributed by atoms with van der Waals surface area (Å²) in [5, 5.41) is -0.482. The summed E-state index contributed by atoms with van der Waals surface area (Å²) >= 11 is 8.78. The van der Waals surface area contributed by atoms with E-state index in [0.717, 1.165) is 10.0 Å². The second-order valence-corrected chi connectivity index (χ2v) is 4.98. The van der Waals surface area contributed by atoms with Crippen molar-refractivity contribution in [1.82, 2.24) is 0 Å². The Bertz CT molecular complexity index is 552. The highest BCUT2D eigenvalue weighted by atomic mass is 79.9. The minimum absolute atomic E-state index is 0.435. The summed E-state index contributed by atoms with van der Waals surface area (Å²) in [5.74, 6) is 0.629. The molecule has 0 atom stereocenters. The number of ether oxygens (including phenoxy) is 1. The third-order valence-electron chi connectivity index (χ3n) is 2.38. The first kappa shape index (κ1) is 13.1. The highest BCUT2D eigenvalue weighted by Gasteiger charge is 2.03. The van der Waals surface area contributed by atoms with Crippen molar-refractivity contribution in [1.29, 1.82) is 0 Å². The van der Waals surface area contributed by atoms with E-state index < -0.39 is 5.24 Å². The Balaban J connectivity index is 2.04. The van der Waals surface area contributed by atoms with E-state index in [9.17, 15) is 4.79 Å². The van der Waals surface area contributed by atoms with Crippen molar-refractivity contribution in [2.75, 3.05) is 0 Å². The first-order valence-electron chi connectivity index (χ1n) is 5.32. The normalized spacial score (nSPS) is 10.1. The van der Waals surface area contributed by atoms with Crippen molar-refractivity contribution in [3.63, 3.8) is 0 Å². The summed E-state index contributed by atoms with van der Waals surface area (Å²) in [5.41, 5.74) is 1.49. The van der Waals surface area contributed by atoms with Crippen LogP contribution >= 0.6 is 27.5 Å². The molecule has 0 aromatic heterocycles. The maximum atomic E-state index is 11.0. The number of hydrogen-bond donors (Lipinski definition) is 0. The quantitative estimate of drug-likeness (QED) is 0.778. The van der Waals surface area contributed by atoms with Gasteiger partial charge in [-0.25, -0.2) is 0 Å². The van der Waals surface area contributed by atoms with Crippen LogP contribution in [0.4, 0.5) is 0 Å². The second-order valence-electron chi connectivity index (χ2n) is 3.72. The fourth-order valence-electron chi connectivity index (χ4n) is 1.46. The molecule has 0 saturated carbocycles. The SMILES string of the molecule is O=C(Cl)c1cccc(OCc2ccc(Br)cc2)c1. The third kappa shape index (κ3) is 3.59. The van der Waals surface area contributed by atoms with Crippen LogP contribution in [0.25, 0.3) is 0 Å². The lowest BCUT2D eigenvalue weighted by Crippen LogP contribution is -1.96. The molecule has 2 rings (SSSR count). The zero-order valence-electron chi connectivity index (χ0n) is 9.40. The van der Waals surface area contributed by atoms with Gasteiger partial charge in [-0.05, 0) is 47.5 Å². The van der Waals surface area contributed by atoms with Crippen LogP contribution in [0.15, 0.2) is 53.0 Å². The van der Waals surface area contributed by atoms with Crippen LogP contribution in [-0.4, -0.2) is 5.24 Å². The lowest BCUT2D eigenvalue weighted by atomic mass is 10.2. The van der Waals surface area contributed by atoms with Gasteiger partial charge in [0.2, 0.25) is 0 Å². The Kier molecular flexibility index (Phi) is 4.39. The van der Waals surface area contributed by atoms with Gasteiger partial charge in [0.15, 0.2) is 0 Å². The van der Waals surface area contributed by atoms with E-state index in [1.54, 1.807) is 24.3 Å². The molecule has 2 aromatic carbocycles. The maximum absolute atomic E-state index is 11.0. The molecule has 2 nitrogen and oxygen atoms in total. The number of benzene rings is 2. The van der Waals surface area contributed by atoms with Gasteiger partial charge in [-0.1, -0.05) is 34.1 Å². The average molecular weight is 326 g/mol. The Hall–Kier alpha value is -1.32. The number of hydrogen-bond acceptors (Lipinski definition) is 2. The van der Waals surface area contributed by atoms with E-state index in [0.29, 0.717) is 17.9 Å². The Labute approximate surface area is 119 Å². The molecule has 0 unspecified atom stereocenters. The first-order valence-corrected chi connectivity index (χ1v) is 6.49. The smallest absolute Gasteiger partial charge is 0.252 e. The zero-order valence-corrected chi connectivity index (χ0v) is 11.7. The average Bonchev–Trinajstić information content (AvgIpc) is 2.38. The van der Waals surface area contributed by atoms with Crippen molar-refractivity contribution in [3.05, 3.63) is 64.1 Å². The number of carbonyl (C=O) groups is 1. The van der Waals surface area contributed by atoms with Crippen molar-refractivity contribution < 1.29 is 9.53 Å². The Morgan fingerprint density at radius 3 is 2.56 bits per heavy atom. The van der Waals surface area contributed by atoms with Crippen LogP contribution in [0.3, 0.4) is 0 Å². The van der Waals surface area contributed by atoms with E-state index in [2.05, 4.69) is 15.9 Å². The van der Waals surface area contributed by atoms with E-state index in [1.807, 2.05) is 24.3 Å². The Morgan fingerprint density at radius 1 is 1.17 bits per heavy atom. The van der Waals surface area contributed by atoms with Crippen molar-refractivity contribution >= 4 is 32.8 Å². The van der Waals surface area contributed by atoms with Crippen molar-refractivity contribution in [3.8, 4) is 5.75 Å². The first-order chi connectivity index (χ1) is 8.65. The van der Waals surface area contributed by atoms with E-state index in [-0.39, 0.29) is 0 Å². The van der Waals surface area contributed by atoms with Crippen LogP contribution in [-0.2, 0) is 6.61 Å². The predicted molar refractivity (Wildman–Crippen MR) is 75.1 cm³/mol. The van der Waals surface area contributed by atoms with E-state index >= 15 is 0 Å². The van der Waals surface area contributed by atoms with E-state index in [1.165, 1.54) is 0 Å². The third-order valence-corrected chi connectivity index (χ3v) is 3.13. The predicted octanol–water partition coefficient (Wildman–Crippen LogP) is 4.41. The summed E-state index contributed by atoms with van der Waals surface area (Å²) < 4.78 is 6.63. The van der Waals surface area contributed by atoms with Gasteiger partial charge in [0.1, 0.15) is 12.4 Å². The molecule has 0 aliphatic carbocycles. The van der Waals surface area contributed by atoms with Crippen molar-refractivity contribution in [2.45, 2.75) is 6.61 Å². The second kappa shape index (κ2) is 6.03. The monoisotopic (exact) mass is 324 g/mol. The summed E-state index contributed by atoms with van der Waals surface area (Å²) in [4.78, 5) is 11.0. The highest BCUT2D eigenvalue weighted by molar-refractivity contribution is 9.10. The molecule has 0 radical (unpaired) electrons. The molecule has 0 aliphatic heterocycles. The lowest BCUT2D eigenvalue weighted by molar-refractivity contribution is 0.108. The molecule has 4 heteroatoms. The van der Waals surface area contributed by atoms with Gasteiger partial charge in [-0.2, -0.15) is 0 Å². The maximum Gasteiger partial charge on any atom is 0.252 e. The molecule has 0 heterocycles. The molecule has 0 amide bonds. The fraction of sp³-hybridized carbons (Fsp3) is 0.0714. The minimum Gasteiger partial charge on any atom is -0.489 e. The van der Waals surface area contributed by atoms with Gasteiger partial charge in [-0.3, -0.25) is 4.79 Å². The minimum atomic E-state index is -0.482. The molecule has 0 saturated heterocycles. The molecule has 18 heavy (non-hydrogen) atoms. The molecule has 0 fully saturated rings. The molecule has 92 valence electrons. The highest BCUT2D eigenvalue weighted by Crippen LogP contribution is 2.17. The molecule has 0 N–H and O–H groups in total. The summed E-state index contributed by atoms with van der Waals surface area (Å²) in [6, 6.07) is 14.7. The van der Waals surface area contributed by atoms with Gasteiger partial charge in [0.05, 0.1) is 0 Å². The number of carbonyl (C=O) groups excluding carboxylic acids is 1. The summed E-state index contributed by atoms with van der Waals surface area (Å²) in [7, 11) is 0. The number of halogens is 2. The Morgan fingerprint density at radius 2 is 1.89 bits per heavy atom. The van der Waals surface area contributed by atoms with Crippen LogP contribution in [0, 0.1) is 0 Å². The molecule has 0 bridgehead atoms. The lowest BCUT2D eigenvalue weighted by Gasteiger charge is -2.07. The van der Waals surface area contributed by atoms with Gasteiger partial charge in [0.25, 0.3) is 5.24 Å². The van der Waals surface area contributed by atoms with Crippen molar-refractivity contribution in [2.24, 2.45) is 0 Å². The molecule has 0 spiro atoms. The zero-order chi connectivity index (χ0) is 13.0. The standard InChI is InChI=1S/C14H10BrClO2/c15-12-6-4-10(5-7-12)9-18-13-3-1-2-11(8-13)14(16)17/h1-8H,9H2. The molecular formula is C14H10BrClO2. The fourth-order valence-corrected chi connectivity index (χ4v) is 1.84. The largest absolute Gasteiger partial charge is 0.489 e. The molecule has 2 aromatic rings. The van der Waals surface area contributed by atoms with Gasteiger partial charge in [0, 0.05) is 10.0 Å². The topological polar surface area (TPSA) is 26.3 Å². The molecular weight excluding hydrogens is 316 g/mol. The number of rotatable bonds is 4. The van der Waals surface area contributed by atoms with Crippen LogP contribution in [0.5, 0.6) is 5.75 Å². The summed E-state index contributed by atoms with van der Waals surface area (Å²) in [6.45, 7) is 0.452. The van der Waals surface area contributed by atoms with Gasteiger partial charge in [-0.15, -0.1) is 0 Å². The van der Waals surface area contributed by atoms with Gasteiger partial charge < -0.3 is 4.74 Å². The van der Waals surface area contributed by atoms with Crippen LogP contribution in [0.2, 0.25) is 0 Å². The van der Waals surface area contributed by atoms with Crippen LogP contribution < -0.4 is 4.74 Å². The van der Waals surface area contributed by atoms with Crippen LogP contribution in [0.1, 0.15) is 15.9 Å². The summed E-state index contributed by atoms with van der Waals surface area (Å²) in [6.07, 6.45) is 0. The molecule has 0 aliphatic rings.